The molecule has 1 heterocycles. The smallest absolute Gasteiger partial charge is 0.343 e. The summed E-state index contributed by atoms with van der Waals surface area (Å²) in [7, 11) is -2.10. The zero-order valence-electron chi connectivity index (χ0n) is 15.5. The van der Waals surface area contributed by atoms with Gasteiger partial charge in [-0.05, 0) is 23.8 Å². The molecule has 7 nitrogen and oxygen atoms in total. The van der Waals surface area contributed by atoms with Crippen LogP contribution in [0.25, 0.3) is 10.9 Å². The maximum absolute atomic E-state index is 12.2. The normalized spacial score (nSPS) is 11.5. The zero-order chi connectivity index (χ0) is 20.0. The van der Waals surface area contributed by atoms with Crippen LogP contribution in [0.5, 0.6) is 5.75 Å². The second kappa shape index (κ2) is 8.90. The summed E-state index contributed by atoms with van der Waals surface area (Å²) in [5.74, 6) is 0.0711. The molecule has 0 fully saturated rings. The molecule has 0 unspecified atom stereocenters. The first-order valence-corrected chi connectivity index (χ1v) is 10.4. The van der Waals surface area contributed by atoms with E-state index in [0.29, 0.717) is 12.3 Å². The van der Waals surface area contributed by atoms with E-state index in [-0.39, 0.29) is 18.9 Å². The molecule has 0 spiro atoms. The number of nitrogens with zero attached hydrogens (tertiary/aromatic N) is 1. The van der Waals surface area contributed by atoms with E-state index in [1.807, 2.05) is 47.2 Å². The van der Waals surface area contributed by atoms with Gasteiger partial charge in [0, 0.05) is 24.7 Å². The third-order valence-electron chi connectivity index (χ3n) is 4.22. The molecule has 3 aromatic rings. The highest BCUT2D eigenvalue weighted by Gasteiger charge is 2.12. The first kappa shape index (κ1) is 19.9. The molecule has 28 heavy (non-hydrogen) atoms. The van der Waals surface area contributed by atoms with E-state index in [9.17, 15) is 13.2 Å². The van der Waals surface area contributed by atoms with Gasteiger partial charge in [0.05, 0.1) is 18.4 Å². The molecule has 0 aliphatic carbocycles. The first-order chi connectivity index (χ1) is 13.5. The Hall–Kier alpha value is -2.84. The van der Waals surface area contributed by atoms with Crippen LogP contribution in [0, 0.1) is 0 Å². The number of carbonyl (C=O) groups excluding carboxylic acids is 1. The molecule has 1 N–H and O–H groups in total. The van der Waals surface area contributed by atoms with Crippen LogP contribution in [0.4, 0.5) is 0 Å². The average Bonchev–Trinajstić information content (AvgIpc) is 3.10. The molecule has 1 aromatic heterocycles. The molecule has 0 bridgehead atoms. The van der Waals surface area contributed by atoms with Crippen LogP contribution in [-0.2, 0) is 31.9 Å². The summed E-state index contributed by atoms with van der Waals surface area (Å²) in [6.07, 6.45) is 1.86. The van der Waals surface area contributed by atoms with Crippen molar-refractivity contribution in [3.8, 4) is 5.75 Å². The predicted molar refractivity (Wildman–Crippen MR) is 107 cm³/mol. The average molecular weight is 402 g/mol. The Morgan fingerprint density at radius 3 is 2.61 bits per heavy atom. The number of rotatable bonds is 9. The number of hydrogen-bond donors (Lipinski definition) is 1. The highest BCUT2D eigenvalue weighted by molar-refractivity contribution is 7.88. The number of carbonyl (C=O) groups is 1. The minimum atomic E-state index is -3.41. The van der Waals surface area contributed by atoms with Crippen LogP contribution < -0.4 is 9.46 Å². The van der Waals surface area contributed by atoms with Crippen LogP contribution in [0.2, 0.25) is 0 Å². The van der Waals surface area contributed by atoms with Crippen LogP contribution in [-0.4, -0.2) is 39.2 Å². The molecular formula is C20H22N2O5S. The molecule has 0 amide bonds. The summed E-state index contributed by atoms with van der Waals surface area (Å²) in [4.78, 5) is 11.3. The minimum Gasteiger partial charge on any atom is -0.481 e. The van der Waals surface area contributed by atoms with Crippen molar-refractivity contribution in [2.45, 2.75) is 12.3 Å². The molecule has 0 aliphatic heterocycles. The van der Waals surface area contributed by atoms with Crippen molar-refractivity contribution in [2.75, 3.05) is 20.3 Å². The maximum atomic E-state index is 12.2. The molecule has 0 saturated heterocycles. The van der Waals surface area contributed by atoms with Gasteiger partial charge in [-0.1, -0.05) is 36.4 Å². The van der Waals surface area contributed by atoms with Gasteiger partial charge in [-0.3, -0.25) is 0 Å². The fourth-order valence-electron chi connectivity index (χ4n) is 2.88. The topological polar surface area (TPSA) is 86.6 Å². The van der Waals surface area contributed by atoms with Crippen molar-refractivity contribution < 1.29 is 22.7 Å². The number of ether oxygens (including phenoxy) is 2. The third-order valence-corrected chi connectivity index (χ3v) is 5.58. The Labute approximate surface area is 163 Å². The number of aromatic nitrogens is 1. The number of sulfonamides is 1. The van der Waals surface area contributed by atoms with E-state index in [4.69, 9.17) is 4.74 Å². The SMILES string of the molecule is COC(=O)COc1cccc2c1ccn2CCNS(=O)(=O)Cc1ccccc1. The number of methoxy groups -OCH3 is 1. The largest absolute Gasteiger partial charge is 0.481 e. The van der Waals surface area contributed by atoms with Crippen molar-refractivity contribution in [3.05, 3.63) is 66.4 Å². The standard InChI is InChI=1S/C20H22N2O5S/c1-26-20(23)14-27-19-9-5-8-18-17(19)10-12-22(18)13-11-21-28(24,25)15-16-6-3-2-4-7-16/h2-10,12,21H,11,13-15H2,1H3. The van der Waals surface area contributed by atoms with Gasteiger partial charge in [-0.25, -0.2) is 17.9 Å². The Morgan fingerprint density at radius 2 is 1.86 bits per heavy atom. The van der Waals surface area contributed by atoms with E-state index in [1.54, 1.807) is 18.2 Å². The van der Waals surface area contributed by atoms with Gasteiger partial charge < -0.3 is 14.0 Å². The van der Waals surface area contributed by atoms with Crippen LogP contribution in [0.15, 0.2) is 60.8 Å². The lowest BCUT2D eigenvalue weighted by Crippen LogP contribution is -2.28. The summed E-state index contributed by atoms with van der Waals surface area (Å²) in [6.45, 7) is 0.574. The van der Waals surface area contributed by atoms with E-state index in [0.717, 1.165) is 16.5 Å². The molecule has 0 aliphatic rings. The Kier molecular flexibility index (Phi) is 6.33. The number of nitrogens with one attached hydrogen (secondary N) is 1. The van der Waals surface area contributed by atoms with Gasteiger partial charge in [0.1, 0.15) is 5.75 Å². The lowest BCUT2D eigenvalue weighted by Gasteiger charge is -2.10. The quantitative estimate of drug-likeness (QED) is 0.555. The van der Waals surface area contributed by atoms with Gasteiger partial charge in [-0.2, -0.15) is 0 Å². The van der Waals surface area contributed by atoms with Crippen molar-refractivity contribution in [1.29, 1.82) is 0 Å². The van der Waals surface area contributed by atoms with Gasteiger partial charge in [0.15, 0.2) is 6.61 Å². The van der Waals surface area contributed by atoms with E-state index in [1.165, 1.54) is 7.11 Å². The Morgan fingerprint density at radius 1 is 1.07 bits per heavy atom. The van der Waals surface area contributed by atoms with Crippen LogP contribution in [0.1, 0.15) is 5.56 Å². The van der Waals surface area contributed by atoms with Crippen molar-refractivity contribution in [2.24, 2.45) is 0 Å². The minimum absolute atomic E-state index is 0.0498. The monoisotopic (exact) mass is 402 g/mol. The highest BCUT2D eigenvalue weighted by atomic mass is 32.2. The number of esters is 1. The molecule has 3 rings (SSSR count). The van der Waals surface area contributed by atoms with Crippen molar-refractivity contribution in [1.82, 2.24) is 9.29 Å². The second-order valence-corrected chi connectivity index (χ2v) is 8.01. The summed E-state index contributed by atoms with van der Waals surface area (Å²) in [6, 6.07) is 16.4. The number of hydrogen-bond acceptors (Lipinski definition) is 5. The number of fused-ring (bicyclic) bond motifs is 1. The molecule has 0 radical (unpaired) electrons. The van der Waals surface area contributed by atoms with Crippen molar-refractivity contribution >= 4 is 26.9 Å². The fourth-order valence-corrected chi connectivity index (χ4v) is 4.01. The Balaban J connectivity index is 1.62. The zero-order valence-corrected chi connectivity index (χ0v) is 16.3. The molecule has 0 atom stereocenters. The van der Waals surface area contributed by atoms with Gasteiger partial charge >= 0.3 is 5.97 Å². The molecule has 8 heteroatoms. The Bertz CT molecular complexity index is 1040. The number of benzene rings is 2. The van der Waals surface area contributed by atoms with Gasteiger partial charge in [-0.15, -0.1) is 0 Å². The van der Waals surface area contributed by atoms with E-state index in [2.05, 4.69) is 9.46 Å². The van der Waals surface area contributed by atoms with E-state index >= 15 is 0 Å². The second-order valence-electron chi connectivity index (χ2n) is 6.20. The summed E-state index contributed by atoms with van der Waals surface area (Å²) < 4.78 is 39.1. The van der Waals surface area contributed by atoms with Gasteiger partial charge in [0.25, 0.3) is 0 Å². The fraction of sp³-hybridized carbons (Fsp3) is 0.250. The van der Waals surface area contributed by atoms with Crippen LogP contribution >= 0.6 is 0 Å². The predicted octanol–water partition coefficient (Wildman–Crippen LogP) is 2.31. The van der Waals surface area contributed by atoms with E-state index < -0.39 is 16.0 Å². The maximum Gasteiger partial charge on any atom is 0.343 e. The first-order valence-electron chi connectivity index (χ1n) is 8.77. The third kappa shape index (κ3) is 5.11. The molecular weight excluding hydrogens is 380 g/mol. The van der Waals surface area contributed by atoms with Crippen LogP contribution in [0.3, 0.4) is 0 Å². The molecule has 2 aromatic carbocycles. The van der Waals surface area contributed by atoms with Gasteiger partial charge in [0.2, 0.25) is 10.0 Å². The lowest BCUT2D eigenvalue weighted by atomic mass is 10.2. The summed E-state index contributed by atoms with van der Waals surface area (Å²) in [5, 5.41) is 0.846. The summed E-state index contributed by atoms with van der Waals surface area (Å²) in [5.41, 5.74) is 1.64. The van der Waals surface area contributed by atoms with Crippen molar-refractivity contribution in [3.63, 3.8) is 0 Å². The summed E-state index contributed by atoms with van der Waals surface area (Å²) >= 11 is 0. The molecule has 0 saturated carbocycles. The highest BCUT2D eigenvalue weighted by Crippen LogP contribution is 2.26. The lowest BCUT2D eigenvalue weighted by molar-refractivity contribution is -0.142. The molecule has 148 valence electrons.